The van der Waals surface area contributed by atoms with Gasteiger partial charge in [-0.25, -0.2) is 9.97 Å². The number of thiazole rings is 1. The monoisotopic (exact) mass is 345 g/mol. The molecular weight excluding hydrogens is 326 g/mol. The number of benzene rings is 1. The van der Waals surface area contributed by atoms with Crippen LogP contribution in [0.1, 0.15) is 22.3 Å². The molecule has 0 aliphatic rings. The molecule has 1 N–H and O–H groups in total. The van der Waals surface area contributed by atoms with Gasteiger partial charge in [-0.05, 0) is 24.6 Å². The van der Waals surface area contributed by atoms with Crippen molar-refractivity contribution in [3.05, 3.63) is 41.4 Å². The summed E-state index contributed by atoms with van der Waals surface area (Å²) in [6.07, 6.45) is 4.04. The first-order valence-electron chi connectivity index (χ1n) is 7.84. The molecule has 2 aromatic heterocycles. The van der Waals surface area contributed by atoms with Crippen LogP contribution in [0.4, 0.5) is 0 Å². The van der Waals surface area contributed by atoms with Gasteiger partial charge in [-0.2, -0.15) is 5.10 Å². The highest BCUT2D eigenvalue weighted by Gasteiger charge is 2.08. The highest BCUT2D eigenvalue weighted by atomic mass is 32.1. The second-order valence-electron chi connectivity index (χ2n) is 5.17. The van der Waals surface area contributed by atoms with Crippen molar-refractivity contribution in [3.63, 3.8) is 0 Å². The molecule has 126 valence electrons. The minimum absolute atomic E-state index is 0.0942. The van der Waals surface area contributed by atoms with Crippen molar-refractivity contribution >= 4 is 27.5 Å². The van der Waals surface area contributed by atoms with Crippen LogP contribution in [0.25, 0.3) is 10.2 Å². The average molecular weight is 345 g/mol. The van der Waals surface area contributed by atoms with E-state index in [0.717, 1.165) is 21.6 Å². The zero-order chi connectivity index (χ0) is 16.8. The van der Waals surface area contributed by atoms with Crippen LogP contribution in [0.15, 0.2) is 30.9 Å². The highest BCUT2D eigenvalue weighted by molar-refractivity contribution is 7.18. The zero-order valence-corrected chi connectivity index (χ0v) is 14.3. The SMILES string of the molecule is CCc1nc2ccc(C(=O)NCCOCCn3cncn3)cc2s1. The summed E-state index contributed by atoms with van der Waals surface area (Å²) in [5, 5.41) is 7.94. The molecule has 0 bridgehead atoms. The fraction of sp³-hybridized carbons (Fsp3) is 0.375. The van der Waals surface area contributed by atoms with Gasteiger partial charge >= 0.3 is 0 Å². The quantitative estimate of drug-likeness (QED) is 0.631. The minimum Gasteiger partial charge on any atom is -0.378 e. The van der Waals surface area contributed by atoms with E-state index in [1.54, 1.807) is 22.3 Å². The number of ether oxygens (including phenoxy) is 1. The van der Waals surface area contributed by atoms with Gasteiger partial charge in [-0.3, -0.25) is 9.48 Å². The maximum absolute atomic E-state index is 12.2. The Balaban J connectivity index is 1.43. The van der Waals surface area contributed by atoms with E-state index in [1.807, 2.05) is 18.2 Å². The van der Waals surface area contributed by atoms with Crippen LogP contribution in [-0.2, 0) is 17.7 Å². The molecule has 0 unspecified atom stereocenters. The molecule has 0 spiro atoms. The third kappa shape index (κ3) is 4.15. The Morgan fingerprint density at radius 2 is 2.29 bits per heavy atom. The predicted octanol–water partition coefficient (Wildman–Crippen LogP) is 1.90. The molecule has 3 rings (SSSR count). The molecule has 0 saturated heterocycles. The molecule has 0 radical (unpaired) electrons. The number of aryl methyl sites for hydroxylation is 1. The molecule has 0 fully saturated rings. The van der Waals surface area contributed by atoms with Gasteiger partial charge in [0.15, 0.2) is 0 Å². The van der Waals surface area contributed by atoms with Crippen LogP contribution in [0, 0.1) is 0 Å². The number of fused-ring (bicyclic) bond motifs is 1. The first-order valence-corrected chi connectivity index (χ1v) is 8.65. The summed E-state index contributed by atoms with van der Waals surface area (Å²) in [6.45, 7) is 4.19. The van der Waals surface area contributed by atoms with Crippen molar-refractivity contribution in [2.24, 2.45) is 0 Å². The number of hydrogen-bond donors (Lipinski definition) is 1. The number of nitrogens with zero attached hydrogens (tertiary/aromatic N) is 4. The zero-order valence-electron chi connectivity index (χ0n) is 13.4. The highest BCUT2D eigenvalue weighted by Crippen LogP contribution is 2.23. The Kier molecular flexibility index (Phi) is 5.50. The summed E-state index contributed by atoms with van der Waals surface area (Å²) >= 11 is 1.63. The van der Waals surface area contributed by atoms with Crippen LogP contribution in [0.2, 0.25) is 0 Å². The first-order chi connectivity index (χ1) is 11.8. The van der Waals surface area contributed by atoms with Gasteiger partial charge in [0, 0.05) is 12.1 Å². The normalized spacial score (nSPS) is 11.0. The first kappa shape index (κ1) is 16.5. The van der Waals surface area contributed by atoms with Crippen LogP contribution in [-0.4, -0.2) is 45.4 Å². The van der Waals surface area contributed by atoms with E-state index >= 15 is 0 Å². The van der Waals surface area contributed by atoms with Gasteiger partial charge in [0.2, 0.25) is 0 Å². The molecular formula is C16H19N5O2S. The Labute approximate surface area is 143 Å². The Morgan fingerprint density at radius 1 is 1.38 bits per heavy atom. The fourth-order valence-electron chi connectivity index (χ4n) is 2.21. The summed E-state index contributed by atoms with van der Waals surface area (Å²) < 4.78 is 8.22. The standard InChI is InChI=1S/C16H19N5O2S/c1-2-15-20-13-4-3-12(9-14(13)24-15)16(22)18-5-7-23-8-6-21-11-17-10-19-21/h3-4,9-11H,2,5-8H2,1H3,(H,18,22). The Bertz CT molecular complexity index is 800. The molecule has 7 nitrogen and oxygen atoms in total. The average Bonchev–Trinajstić information content (AvgIpc) is 3.25. The Morgan fingerprint density at radius 3 is 3.08 bits per heavy atom. The lowest BCUT2D eigenvalue weighted by atomic mass is 10.2. The van der Waals surface area contributed by atoms with Gasteiger partial charge in [0.25, 0.3) is 5.91 Å². The molecule has 0 atom stereocenters. The largest absolute Gasteiger partial charge is 0.378 e. The number of amides is 1. The molecule has 8 heteroatoms. The second kappa shape index (κ2) is 7.98. The maximum atomic E-state index is 12.2. The van der Waals surface area contributed by atoms with E-state index in [-0.39, 0.29) is 5.91 Å². The molecule has 2 heterocycles. The summed E-state index contributed by atoms with van der Waals surface area (Å²) in [6, 6.07) is 5.60. The lowest BCUT2D eigenvalue weighted by Crippen LogP contribution is -2.27. The van der Waals surface area contributed by atoms with Crippen LogP contribution >= 0.6 is 11.3 Å². The molecule has 1 amide bonds. The lowest BCUT2D eigenvalue weighted by Gasteiger charge is -2.06. The summed E-state index contributed by atoms with van der Waals surface area (Å²) in [7, 11) is 0. The number of hydrogen-bond acceptors (Lipinski definition) is 6. The number of nitrogens with one attached hydrogen (secondary N) is 1. The van der Waals surface area contributed by atoms with Crippen molar-refractivity contribution in [3.8, 4) is 0 Å². The third-order valence-corrected chi connectivity index (χ3v) is 4.62. The minimum atomic E-state index is -0.0942. The summed E-state index contributed by atoms with van der Waals surface area (Å²) in [5.74, 6) is -0.0942. The second-order valence-corrected chi connectivity index (χ2v) is 6.29. The van der Waals surface area contributed by atoms with Gasteiger partial charge in [-0.1, -0.05) is 6.92 Å². The molecule has 0 aliphatic heterocycles. The molecule has 0 aliphatic carbocycles. The lowest BCUT2D eigenvalue weighted by molar-refractivity contribution is 0.0906. The van der Waals surface area contributed by atoms with Crippen molar-refractivity contribution in [1.29, 1.82) is 0 Å². The van der Waals surface area contributed by atoms with E-state index in [0.29, 0.717) is 31.9 Å². The van der Waals surface area contributed by atoms with Crippen molar-refractivity contribution in [1.82, 2.24) is 25.1 Å². The molecule has 0 saturated carbocycles. The number of aromatic nitrogens is 4. The van der Waals surface area contributed by atoms with Crippen molar-refractivity contribution in [2.45, 2.75) is 19.9 Å². The fourth-order valence-corrected chi connectivity index (χ4v) is 3.16. The van der Waals surface area contributed by atoms with Crippen LogP contribution in [0.5, 0.6) is 0 Å². The summed E-state index contributed by atoms with van der Waals surface area (Å²) in [5.41, 5.74) is 1.60. The van der Waals surface area contributed by atoms with E-state index < -0.39 is 0 Å². The van der Waals surface area contributed by atoms with Gasteiger partial charge in [0.1, 0.15) is 12.7 Å². The van der Waals surface area contributed by atoms with Crippen molar-refractivity contribution < 1.29 is 9.53 Å². The third-order valence-electron chi connectivity index (χ3n) is 3.46. The topological polar surface area (TPSA) is 81.9 Å². The van der Waals surface area contributed by atoms with Gasteiger partial charge in [-0.15, -0.1) is 11.3 Å². The number of carbonyl (C=O) groups excluding carboxylic acids is 1. The maximum Gasteiger partial charge on any atom is 0.251 e. The van der Waals surface area contributed by atoms with E-state index in [1.165, 1.54) is 6.33 Å². The van der Waals surface area contributed by atoms with E-state index in [4.69, 9.17) is 4.74 Å². The molecule has 24 heavy (non-hydrogen) atoms. The molecule has 1 aromatic carbocycles. The van der Waals surface area contributed by atoms with Gasteiger partial charge in [0.05, 0.1) is 35.0 Å². The van der Waals surface area contributed by atoms with E-state index in [2.05, 4.69) is 27.3 Å². The van der Waals surface area contributed by atoms with Crippen LogP contribution < -0.4 is 5.32 Å². The van der Waals surface area contributed by atoms with E-state index in [9.17, 15) is 4.79 Å². The predicted molar refractivity (Wildman–Crippen MR) is 92.2 cm³/mol. The smallest absolute Gasteiger partial charge is 0.251 e. The van der Waals surface area contributed by atoms with Crippen molar-refractivity contribution in [2.75, 3.05) is 19.8 Å². The number of carbonyl (C=O) groups is 1. The number of rotatable bonds is 8. The van der Waals surface area contributed by atoms with Gasteiger partial charge < -0.3 is 10.1 Å². The summed E-state index contributed by atoms with van der Waals surface area (Å²) in [4.78, 5) is 20.5. The van der Waals surface area contributed by atoms with Crippen LogP contribution in [0.3, 0.4) is 0 Å². The Hall–Kier alpha value is -2.32. The molecule has 3 aromatic rings.